The van der Waals surface area contributed by atoms with Gasteiger partial charge in [-0.05, 0) is 103 Å². The second-order valence-corrected chi connectivity index (χ2v) is 10.5. The Morgan fingerprint density at radius 3 is 2.28 bits per heavy atom. The van der Waals surface area contributed by atoms with Gasteiger partial charge in [-0.1, -0.05) is 35.4 Å². The number of carbonyl (C=O) groups is 2. The Bertz CT molecular complexity index is 1420. The summed E-state index contributed by atoms with van der Waals surface area (Å²) in [7, 11) is 0. The van der Waals surface area contributed by atoms with Gasteiger partial charge in [0.25, 0.3) is 5.91 Å². The summed E-state index contributed by atoms with van der Waals surface area (Å²) < 4.78 is 17.0. The molecule has 1 amide bonds. The van der Waals surface area contributed by atoms with Crippen LogP contribution in [0.5, 0.6) is 11.5 Å². The molecule has 0 radical (unpaired) electrons. The van der Waals surface area contributed by atoms with E-state index < -0.39 is 5.97 Å². The molecular weight excluding hydrogens is 580 g/mol. The van der Waals surface area contributed by atoms with Gasteiger partial charge >= 0.3 is 5.97 Å². The standard InChI is InChI=1S/C30H29BrN2O5S/c1-5-36-25-16-21(15-24(31)28(25)38-18-27(34)37-6-2)17-26-29(35)33(23-13-9-20(4)10-14-23)30(39-26)32-22-11-7-19(3)8-12-22/h7-17H,5-6,18H2,1-4H3/b26-17+,32-30?. The van der Waals surface area contributed by atoms with Gasteiger partial charge < -0.3 is 14.2 Å². The Balaban J connectivity index is 1.70. The van der Waals surface area contributed by atoms with E-state index in [0.717, 1.165) is 28.1 Å². The third kappa shape index (κ3) is 7.10. The summed E-state index contributed by atoms with van der Waals surface area (Å²) in [6.07, 6.45) is 1.80. The molecule has 0 aliphatic carbocycles. The van der Waals surface area contributed by atoms with Gasteiger partial charge in [0.05, 0.1) is 34.0 Å². The highest BCUT2D eigenvalue weighted by atomic mass is 79.9. The minimum absolute atomic E-state index is 0.175. The molecule has 0 saturated carbocycles. The maximum atomic E-state index is 13.7. The number of hydrogen-bond donors (Lipinski definition) is 0. The number of aliphatic imine (C=N–C) groups is 1. The quantitative estimate of drug-likeness (QED) is 0.188. The lowest BCUT2D eigenvalue weighted by atomic mass is 10.1. The summed E-state index contributed by atoms with van der Waals surface area (Å²) in [4.78, 5) is 32.4. The number of thioether (sulfide) groups is 1. The Morgan fingerprint density at radius 2 is 1.64 bits per heavy atom. The molecule has 0 spiro atoms. The number of anilines is 1. The smallest absolute Gasteiger partial charge is 0.344 e. The van der Waals surface area contributed by atoms with Crippen molar-refractivity contribution >= 4 is 62.2 Å². The van der Waals surface area contributed by atoms with E-state index >= 15 is 0 Å². The molecule has 1 aliphatic rings. The number of aryl methyl sites for hydroxylation is 2. The number of esters is 1. The van der Waals surface area contributed by atoms with Crippen LogP contribution in [0.4, 0.5) is 11.4 Å². The fourth-order valence-corrected chi connectivity index (χ4v) is 5.33. The Morgan fingerprint density at radius 1 is 0.974 bits per heavy atom. The monoisotopic (exact) mass is 608 g/mol. The molecule has 3 aromatic carbocycles. The lowest BCUT2D eigenvalue weighted by molar-refractivity contribution is -0.145. The summed E-state index contributed by atoms with van der Waals surface area (Å²) in [6.45, 7) is 8.04. The van der Waals surface area contributed by atoms with Crippen LogP contribution in [0.15, 0.2) is 75.0 Å². The summed E-state index contributed by atoms with van der Waals surface area (Å²) >= 11 is 4.83. The van der Waals surface area contributed by atoms with Crippen molar-refractivity contribution in [2.45, 2.75) is 27.7 Å². The van der Waals surface area contributed by atoms with Crippen LogP contribution >= 0.6 is 27.7 Å². The van der Waals surface area contributed by atoms with Crippen LogP contribution in [-0.2, 0) is 14.3 Å². The van der Waals surface area contributed by atoms with Gasteiger partial charge in [0.1, 0.15) is 0 Å². The maximum Gasteiger partial charge on any atom is 0.344 e. The molecule has 4 rings (SSSR count). The van der Waals surface area contributed by atoms with Gasteiger partial charge in [0.15, 0.2) is 23.3 Å². The zero-order valence-corrected chi connectivity index (χ0v) is 24.6. The molecule has 39 heavy (non-hydrogen) atoms. The second kappa shape index (κ2) is 13.0. The molecule has 1 heterocycles. The first-order chi connectivity index (χ1) is 18.8. The molecule has 1 saturated heterocycles. The lowest BCUT2D eigenvalue weighted by Crippen LogP contribution is -2.28. The van der Waals surface area contributed by atoms with E-state index in [-0.39, 0.29) is 19.1 Å². The van der Waals surface area contributed by atoms with Crippen molar-refractivity contribution in [2.75, 3.05) is 24.7 Å². The normalized spacial score (nSPS) is 15.2. The number of carbonyl (C=O) groups excluding carboxylic acids is 2. The number of benzene rings is 3. The van der Waals surface area contributed by atoms with Crippen molar-refractivity contribution in [1.29, 1.82) is 0 Å². The van der Waals surface area contributed by atoms with E-state index in [1.54, 1.807) is 24.0 Å². The zero-order valence-electron chi connectivity index (χ0n) is 22.2. The lowest BCUT2D eigenvalue weighted by Gasteiger charge is -2.16. The van der Waals surface area contributed by atoms with E-state index in [0.29, 0.717) is 32.7 Å². The third-order valence-corrected chi connectivity index (χ3v) is 7.18. The number of nitrogens with zero attached hydrogens (tertiary/aromatic N) is 2. The first-order valence-corrected chi connectivity index (χ1v) is 14.1. The van der Waals surface area contributed by atoms with Crippen LogP contribution in [0.3, 0.4) is 0 Å². The van der Waals surface area contributed by atoms with Gasteiger partial charge in [0.2, 0.25) is 0 Å². The molecule has 0 aromatic heterocycles. The van der Waals surface area contributed by atoms with E-state index in [2.05, 4.69) is 15.9 Å². The van der Waals surface area contributed by atoms with Crippen molar-refractivity contribution in [2.24, 2.45) is 4.99 Å². The molecule has 7 nitrogen and oxygen atoms in total. The Labute approximate surface area is 241 Å². The highest BCUT2D eigenvalue weighted by Gasteiger charge is 2.35. The topological polar surface area (TPSA) is 77.4 Å². The minimum atomic E-state index is -0.470. The molecule has 9 heteroatoms. The molecule has 0 unspecified atom stereocenters. The van der Waals surface area contributed by atoms with E-state index in [1.807, 2.05) is 75.4 Å². The number of amidine groups is 1. The van der Waals surface area contributed by atoms with Crippen molar-refractivity contribution in [1.82, 2.24) is 0 Å². The van der Waals surface area contributed by atoms with Gasteiger partial charge in [-0.2, -0.15) is 0 Å². The van der Waals surface area contributed by atoms with Gasteiger partial charge in [-0.15, -0.1) is 0 Å². The predicted octanol–water partition coefficient (Wildman–Crippen LogP) is 7.22. The van der Waals surface area contributed by atoms with Crippen molar-refractivity contribution in [3.05, 3.63) is 86.7 Å². The summed E-state index contributed by atoms with van der Waals surface area (Å²) in [6, 6.07) is 19.2. The van der Waals surface area contributed by atoms with Crippen LogP contribution < -0.4 is 14.4 Å². The van der Waals surface area contributed by atoms with Crippen molar-refractivity contribution in [3.63, 3.8) is 0 Å². The molecule has 1 fully saturated rings. The molecule has 1 aliphatic heterocycles. The SMILES string of the molecule is CCOC(=O)COc1c(Br)cc(/C=C2/SC(=Nc3ccc(C)cc3)N(c3ccc(C)cc3)C2=O)cc1OCC. The first kappa shape index (κ1) is 28.4. The van der Waals surface area contributed by atoms with E-state index in [4.69, 9.17) is 19.2 Å². The molecule has 202 valence electrons. The molecule has 3 aromatic rings. The van der Waals surface area contributed by atoms with Crippen molar-refractivity contribution in [3.8, 4) is 11.5 Å². The number of ether oxygens (including phenoxy) is 3. The number of halogens is 1. The van der Waals surface area contributed by atoms with Crippen LogP contribution in [0.2, 0.25) is 0 Å². The highest BCUT2D eigenvalue weighted by molar-refractivity contribution is 9.10. The average Bonchev–Trinajstić information content (AvgIpc) is 3.20. The summed E-state index contributed by atoms with van der Waals surface area (Å²) in [5, 5.41) is 0.567. The second-order valence-electron chi connectivity index (χ2n) is 8.67. The Hall–Kier alpha value is -3.56. The molecule has 0 N–H and O–H groups in total. The van der Waals surface area contributed by atoms with Crippen LogP contribution in [0.25, 0.3) is 6.08 Å². The van der Waals surface area contributed by atoms with Crippen molar-refractivity contribution < 1.29 is 23.8 Å². The number of amides is 1. The van der Waals surface area contributed by atoms with Gasteiger partial charge in [-0.3, -0.25) is 9.69 Å². The fraction of sp³-hybridized carbons (Fsp3) is 0.233. The minimum Gasteiger partial charge on any atom is -0.490 e. The van der Waals surface area contributed by atoms with Gasteiger partial charge in [-0.25, -0.2) is 9.79 Å². The fourth-order valence-electron chi connectivity index (χ4n) is 3.76. The largest absolute Gasteiger partial charge is 0.490 e. The molecular formula is C30H29BrN2O5S. The van der Waals surface area contributed by atoms with Crippen LogP contribution in [-0.4, -0.2) is 36.9 Å². The van der Waals surface area contributed by atoms with Crippen LogP contribution in [0.1, 0.15) is 30.5 Å². The van der Waals surface area contributed by atoms with Crippen LogP contribution in [0, 0.1) is 13.8 Å². The number of hydrogen-bond acceptors (Lipinski definition) is 7. The highest BCUT2D eigenvalue weighted by Crippen LogP contribution is 2.41. The molecule has 0 bridgehead atoms. The Kier molecular flexibility index (Phi) is 9.48. The number of rotatable bonds is 9. The average molecular weight is 610 g/mol. The third-order valence-electron chi connectivity index (χ3n) is 5.63. The summed E-state index contributed by atoms with van der Waals surface area (Å²) in [5.41, 5.74) is 4.47. The summed E-state index contributed by atoms with van der Waals surface area (Å²) in [5.74, 6) is 0.191. The zero-order chi connectivity index (χ0) is 27.9. The first-order valence-electron chi connectivity index (χ1n) is 12.5. The maximum absolute atomic E-state index is 13.7. The van der Waals surface area contributed by atoms with E-state index in [1.165, 1.54) is 11.8 Å². The van der Waals surface area contributed by atoms with Gasteiger partial charge in [0, 0.05) is 0 Å². The predicted molar refractivity (Wildman–Crippen MR) is 160 cm³/mol. The molecule has 0 atom stereocenters. The van der Waals surface area contributed by atoms with E-state index in [9.17, 15) is 9.59 Å².